The Balaban J connectivity index is 2.21. The molecule has 0 unspecified atom stereocenters. The highest BCUT2D eigenvalue weighted by Gasteiger charge is 2.19. The minimum Gasteiger partial charge on any atom is -0.436 e. The fourth-order valence-corrected chi connectivity index (χ4v) is 2.88. The minimum absolute atomic E-state index is 0.0757. The van der Waals surface area contributed by atoms with E-state index in [0.29, 0.717) is 5.89 Å². The number of nitrogens with zero attached hydrogens (tertiary/aromatic N) is 1. The highest BCUT2D eigenvalue weighted by atomic mass is 79.9. The molecule has 0 fully saturated rings. The van der Waals surface area contributed by atoms with Gasteiger partial charge in [-0.05, 0) is 57.6 Å². The number of aromatic nitrogens is 1. The summed E-state index contributed by atoms with van der Waals surface area (Å²) in [4.78, 5) is 4.65. The standard InChI is InChI=1S/C18H18BrNO/c1-11-7-5-6-8-13(11)17-20-16-14(19)9-12(18(2,3)4)10-15(16)21-17/h5-10H,1-4H3. The van der Waals surface area contributed by atoms with E-state index in [2.05, 4.69) is 66.8 Å². The summed E-state index contributed by atoms with van der Waals surface area (Å²) in [6.07, 6.45) is 0. The van der Waals surface area contributed by atoms with Crippen LogP contribution in [0.2, 0.25) is 0 Å². The minimum atomic E-state index is 0.0757. The number of oxazole rings is 1. The number of rotatable bonds is 1. The van der Waals surface area contributed by atoms with Crippen LogP contribution in [0.3, 0.4) is 0 Å². The Morgan fingerprint density at radius 1 is 1.10 bits per heavy atom. The van der Waals surface area contributed by atoms with Crippen LogP contribution in [0.25, 0.3) is 22.6 Å². The van der Waals surface area contributed by atoms with Gasteiger partial charge in [0, 0.05) is 10.0 Å². The number of halogens is 1. The van der Waals surface area contributed by atoms with Gasteiger partial charge in [-0.2, -0.15) is 0 Å². The van der Waals surface area contributed by atoms with Gasteiger partial charge in [0.05, 0.1) is 0 Å². The third kappa shape index (κ3) is 2.62. The van der Waals surface area contributed by atoms with Crippen molar-refractivity contribution in [1.82, 2.24) is 4.98 Å². The molecule has 3 heteroatoms. The summed E-state index contributed by atoms with van der Waals surface area (Å²) in [5.74, 6) is 0.676. The lowest BCUT2D eigenvalue weighted by atomic mass is 9.87. The lowest BCUT2D eigenvalue weighted by Crippen LogP contribution is -2.10. The first-order valence-electron chi connectivity index (χ1n) is 7.03. The van der Waals surface area contributed by atoms with Crippen molar-refractivity contribution in [3.05, 3.63) is 52.0 Å². The van der Waals surface area contributed by atoms with Crippen LogP contribution < -0.4 is 0 Å². The summed E-state index contributed by atoms with van der Waals surface area (Å²) >= 11 is 3.62. The number of hydrogen-bond acceptors (Lipinski definition) is 2. The summed E-state index contributed by atoms with van der Waals surface area (Å²) in [5, 5.41) is 0. The Labute approximate surface area is 133 Å². The van der Waals surface area contributed by atoms with Gasteiger partial charge in [-0.1, -0.05) is 39.0 Å². The van der Waals surface area contributed by atoms with Crippen LogP contribution in [0.15, 0.2) is 45.3 Å². The third-order valence-electron chi connectivity index (χ3n) is 3.69. The monoisotopic (exact) mass is 343 g/mol. The first-order chi connectivity index (χ1) is 9.86. The SMILES string of the molecule is Cc1ccccc1-c1nc2c(Br)cc(C(C)(C)C)cc2o1. The summed E-state index contributed by atoms with van der Waals surface area (Å²) in [6, 6.07) is 12.4. The fourth-order valence-electron chi connectivity index (χ4n) is 2.35. The molecule has 0 bridgehead atoms. The molecule has 3 aromatic rings. The van der Waals surface area contributed by atoms with E-state index < -0.39 is 0 Å². The Hall–Kier alpha value is -1.61. The Bertz CT molecular complexity index is 812. The van der Waals surface area contributed by atoms with Gasteiger partial charge in [0.2, 0.25) is 5.89 Å². The molecule has 0 spiro atoms. The molecular weight excluding hydrogens is 326 g/mol. The molecule has 21 heavy (non-hydrogen) atoms. The maximum atomic E-state index is 6.01. The van der Waals surface area contributed by atoms with Gasteiger partial charge in [0.15, 0.2) is 5.58 Å². The van der Waals surface area contributed by atoms with Crippen molar-refractivity contribution in [2.75, 3.05) is 0 Å². The second-order valence-corrected chi connectivity index (χ2v) is 7.24. The van der Waals surface area contributed by atoms with Crippen LogP contribution in [-0.2, 0) is 5.41 Å². The zero-order valence-corrected chi connectivity index (χ0v) is 14.3. The molecule has 1 heterocycles. The average molecular weight is 344 g/mol. The molecule has 1 aromatic heterocycles. The summed E-state index contributed by atoms with van der Waals surface area (Å²) < 4.78 is 6.99. The maximum Gasteiger partial charge on any atom is 0.227 e. The molecule has 0 aliphatic heterocycles. The van der Waals surface area contributed by atoms with Crippen LogP contribution in [0.1, 0.15) is 31.9 Å². The van der Waals surface area contributed by atoms with Gasteiger partial charge >= 0.3 is 0 Å². The quantitative estimate of drug-likeness (QED) is 0.552. The Morgan fingerprint density at radius 3 is 2.48 bits per heavy atom. The Kier molecular flexibility index (Phi) is 3.40. The van der Waals surface area contributed by atoms with E-state index in [1.807, 2.05) is 18.2 Å². The molecule has 0 amide bonds. The third-order valence-corrected chi connectivity index (χ3v) is 4.29. The molecule has 2 nitrogen and oxygen atoms in total. The summed E-state index contributed by atoms with van der Waals surface area (Å²) in [7, 11) is 0. The normalized spacial score (nSPS) is 12.0. The van der Waals surface area contributed by atoms with Crippen molar-refractivity contribution in [2.45, 2.75) is 33.1 Å². The van der Waals surface area contributed by atoms with E-state index >= 15 is 0 Å². The van der Waals surface area contributed by atoms with Gasteiger partial charge in [-0.25, -0.2) is 4.98 Å². The van der Waals surface area contributed by atoms with Crippen molar-refractivity contribution in [3.63, 3.8) is 0 Å². The fraction of sp³-hybridized carbons (Fsp3) is 0.278. The van der Waals surface area contributed by atoms with Crippen molar-refractivity contribution >= 4 is 27.0 Å². The number of aryl methyl sites for hydroxylation is 1. The van der Waals surface area contributed by atoms with Crippen LogP contribution in [0.5, 0.6) is 0 Å². The average Bonchev–Trinajstić information content (AvgIpc) is 2.82. The largest absolute Gasteiger partial charge is 0.436 e. The van der Waals surface area contributed by atoms with Gasteiger partial charge in [-0.15, -0.1) is 0 Å². The smallest absolute Gasteiger partial charge is 0.227 e. The van der Waals surface area contributed by atoms with E-state index in [1.165, 1.54) is 5.56 Å². The maximum absolute atomic E-state index is 6.01. The van der Waals surface area contributed by atoms with Crippen molar-refractivity contribution in [2.24, 2.45) is 0 Å². The lowest BCUT2D eigenvalue weighted by molar-refractivity contribution is 0.584. The second-order valence-electron chi connectivity index (χ2n) is 6.39. The van der Waals surface area contributed by atoms with Crippen LogP contribution in [-0.4, -0.2) is 4.98 Å². The highest BCUT2D eigenvalue weighted by molar-refractivity contribution is 9.10. The second kappa shape index (κ2) is 4.99. The zero-order chi connectivity index (χ0) is 15.2. The molecule has 3 rings (SSSR count). The molecule has 108 valence electrons. The van der Waals surface area contributed by atoms with Crippen LogP contribution >= 0.6 is 15.9 Å². The molecule has 0 aliphatic rings. The lowest BCUT2D eigenvalue weighted by Gasteiger charge is -2.18. The molecule has 0 saturated carbocycles. The van der Waals surface area contributed by atoms with Crippen molar-refractivity contribution < 1.29 is 4.42 Å². The Morgan fingerprint density at radius 2 is 1.81 bits per heavy atom. The molecule has 0 saturated heterocycles. The molecule has 2 aromatic carbocycles. The molecule has 0 atom stereocenters. The first-order valence-corrected chi connectivity index (χ1v) is 7.82. The van der Waals surface area contributed by atoms with Crippen LogP contribution in [0.4, 0.5) is 0 Å². The summed E-state index contributed by atoms with van der Waals surface area (Å²) in [6.45, 7) is 8.65. The molecule has 0 N–H and O–H groups in total. The van der Waals surface area contributed by atoms with E-state index in [0.717, 1.165) is 26.7 Å². The number of benzene rings is 2. The molecule has 0 aliphatic carbocycles. The van der Waals surface area contributed by atoms with E-state index in [1.54, 1.807) is 0 Å². The van der Waals surface area contributed by atoms with Crippen molar-refractivity contribution in [1.29, 1.82) is 0 Å². The molecular formula is C18H18BrNO. The highest BCUT2D eigenvalue weighted by Crippen LogP contribution is 2.34. The number of fused-ring (bicyclic) bond motifs is 1. The molecule has 0 radical (unpaired) electrons. The van der Waals surface area contributed by atoms with E-state index in [-0.39, 0.29) is 5.41 Å². The summed E-state index contributed by atoms with van der Waals surface area (Å²) in [5.41, 5.74) is 5.21. The predicted molar refractivity (Wildman–Crippen MR) is 90.6 cm³/mol. The predicted octanol–water partition coefficient (Wildman–Crippen LogP) is 5.86. The van der Waals surface area contributed by atoms with Gasteiger partial charge in [-0.3, -0.25) is 0 Å². The first kappa shape index (κ1) is 14.3. The topological polar surface area (TPSA) is 26.0 Å². The number of hydrogen-bond donors (Lipinski definition) is 0. The van der Waals surface area contributed by atoms with Gasteiger partial charge < -0.3 is 4.42 Å². The van der Waals surface area contributed by atoms with E-state index in [4.69, 9.17) is 4.42 Å². The van der Waals surface area contributed by atoms with Gasteiger partial charge in [0.25, 0.3) is 0 Å². The van der Waals surface area contributed by atoms with E-state index in [9.17, 15) is 0 Å². The van der Waals surface area contributed by atoms with Gasteiger partial charge in [0.1, 0.15) is 5.52 Å². The van der Waals surface area contributed by atoms with Crippen molar-refractivity contribution in [3.8, 4) is 11.5 Å². The zero-order valence-electron chi connectivity index (χ0n) is 12.7. The van der Waals surface area contributed by atoms with Crippen LogP contribution in [0, 0.1) is 6.92 Å².